The molecule has 1 aromatic carbocycles. The van der Waals surface area contributed by atoms with Crippen molar-refractivity contribution < 1.29 is 8.42 Å². The molecule has 16 heavy (non-hydrogen) atoms. The van der Waals surface area contributed by atoms with Crippen LogP contribution in [0.25, 0.3) is 0 Å². The molecule has 0 saturated carbocycles. The van der Waals surface area contributed by atoms with Gasteiger partial charge in [0, 0.05) is 13.1 Å². The van der Waals surface area contributed by atoms with Crippen molar-refractivity contribution in [1.29, 1.82) is 0 Å². The van der Waals surface area contributed by atoms with Crippen molar-refractivity contribution in [2.24, 2.45) is 5.92 Å². The molecule has 0 aliphatic carbocycles. The molecule has 1 aliphatic heterocycles. The molecule has 0 aromatic heterocycles. The quantitative estimate of drug-likeness (QED) is 0.864. The highest BCUT2D eigenvalue weighted by Gasteiger charge is 2.26. The Morgan fingerprint density at radius 1 is 1.31 bits per heavy atom. The molecule has 0 atom stereocenters. The predicted octanol–water partition coefficient (Wildman–Crippen LogP) is 1.30. The Kier molecular flexibility index (Phi) is 3.04. The zero-order chi connectivity index (χ0) is 11.8. The molecule has 0 radical (unpaired) electrons. The molecule has 0 unspecified atom stereocenters. The zero-order valence-corrected chi connectivity index (χ0v) is 10.5. The third-order valence-electron chi connectivity index (χ3n) is 2.99. The molecule has 1 saturated heterocycles. The lowest BCUT2D eigenvalue weighted by Gasteiger charge is -2.26. The van der Waals surface area contributed by atoms with Gasteiger partial charge in [0.05, 0.1) is 10.6 Å². The highest BCUT2D eigenvalue weighted by atomic mass is 32.2. The summed E-state index contributed by atoms with van der Waals surface area (Å²) in [6, 6.07) is 5.51. The van der Waals surface area contributed by atoms with Crippen LogP contribution in [0.4, 0.5) is 0 Å². The monoisotopic (exact) mass is 239 g/mol. The van der Waals surface area contributed by atoms with Crippen molar-refractivity contribution in [3.05, 3.63) is 29.3 Å². The van der Waals surface area contributed by atoms with Crippen molar-refractivity contribution in [1.82, 2.24) is 5.32 Å². The van der Waals surface area contributed by atoms with Gasteiger partial charge in [0.1, 0.15) is 0 Å². The summed E-state index contributed by atoms with van der Waals surface area (Å²) in [4.78, 5) is 0.491. The second kappa shape index (κ2) is 4.18. The molecule has 0 spiro atoms. The van der Waals surface area contributed by atoms with Crippen molar-refractivity contribution >= 4 is 9.84 Å². The summed E-state index contributed by atoms with van der Waals surface area (Å²) < 4.78 is 24.3. The minimum absolute atomic E-state index is 0.268. The Labute approximate surface area is 96.8 Å². The lowest BCUT2D eigenvalue weighted by molar-refractivity contribution is 0.378. The fourth-order valence-corrected chi connectivity index (χ4v) is 3.88. The molecule has 4 heteroatoms. The van der Waals surface area contributed by atoms with Crippen LogP contribution in [-0.4, -0.2) is 27.3 Å². The maximum absolute atomic E-state index is 12.1. The van der Waals surface area contributed by atoms with Crippen molar-refractivity contribution in [3.63, 3.8) is 0 Å². The first kappa shape index (κ1) is 11.6. The molecular weight excluding hydrogens is 222 g/mol. The molecular formula is C12H17NO2S. The van der Waals surface area contributed by atoms with Crippen molar-refractivity contribution in [2.75, 3.05) is 18.8 Å². The summed E-state index contributed by atoms with van der Waals surface area (Å²) in [5.74, 6) is 0.551. The molecule has 0 amide bonds. The van der Waals surface area contributed by atoms with E-state index in [1.165, 1.54) is 0 Å². The summed E-state index contributed by atoms with van der Waals surface area (Å²) in [6.07, 6.45) is 0. The van der Waals surface area contributed by atoms with E-state index >= 15 is 0 Å². The van der Waals surface area contributed by atoms with E-state index in [1.54, 1.807) is 6.07 Å². The molecule has 1 aliphatic rings. The predicted molar refractivity (Wildman–Crippen MR) is 64.3 cm³/mol. The minimum atomic E-state index is -3.11. The number of hydrogen-bond donors (Lipinski definition) is 1. The summed E-state index contributed by atoms with van der Waals surface area (Å²) in [7, 11) is -3.11. The lowest BCUT2D eigenvalue weighted by atomic mass is 10.1. The van der Waals surface area contributed by atoms with Crippen LogP contribution in [0.5, 0.6) is 0 Å². The van der Waals surface area contributed by atoms with E-state index < -0.39 is 9.84 Å². The Hall–Kier alpha value is -0.870. The molecule has 1 aromatic rings. The molecule has 1 fully saturated rings. The van der Waals surface area contributed by atoms with Gasteiger partial charge in [-0.05, 0) is 31.4 Å². The summed E-state index contributed by atoms with van der Waals surface area (Å²) >= 11 is 0. The van der Waals surface area contributed by atoms with E-state index in [2.05, 4.69) is 5.32 Å². The van der Waals surface area contributed by atoms with Gasteiger partial charge in [-0.25, -0.2) is 8.42 Å². The van der Waals surface area contributed by atoms with E-state index in [1.807, 2.05) is 26.0 Å². The fourth-order valence-electron chi connectivity index (χ4n) is 2.01. The Balaban J connectivity index is 2.27. The van der Waals surface area contributed by atoms with Crippen molar-refractivity contribution in [3.8, 4) is 0 Å². The zero-order valence-electron chi connectivity index (χ0n) is 9.66. The minimum Gasteiger partial charge on any atom is -0.316 e. The molecule has 3 nitrogen and oxygen atoms in total. The summed E-state index contributed by atoms with van der Waals surface area (Å²) in [5.41, 5.74) is 1.95. The van der Waals surface area contributed by atoms with Crippen LogP contribution in [0.3, 0.4) is 0 Å². The number of rotatable bonds is 3. The highest BCUT2D eigenvalue weighted by molar-refractivity contribution is 7.91. The maximum Gasteiger partial charge on any atom is 0.179 e. The SMILES string of the molecule is Cc1ccc(S(=O)(=O)CC2CNC2)c(C)c1. The van der Waals surface area contributed by atoms with Gasteiger partial charge in [-0.2, -0.15) is 0 Å². The smallest absolute Gasteiger partial charge is 0.179 e. The normalized spacial score (nSPS) is 17.1. The number of nitrogens with one attached hydrogen (secondary N) is 1. The third kappa shape index (κ3) is 2.28. The topological polar surface area (TPSA) is 46.2 Å². The van der Waals surface area contributed by atoms with Crippen LogP contribution in [0.2, 0.25) is 0 Å². The summed E-state index contributed by atoms with van der Waals surface area (Å²) in [5, 5.41) is 3.09. The van der Waals surface area contributed by atoms with Gasteiger partial charge in [-0.15, -0.1) is 0 Å². The highest BCUT2D eigenvalue weighted by Crippen LogP contribution is 2.20. The Morgan fingerprint density at radius 3 is 2.50 bits per heavy atom. The van der Waals surface area contributed by atoms with E-state index in [-0.39, 0.29) is 11.7 Å². The van der Waals surface area contributed by atoms with Crippen LogP contribution in [-0.2, 0) is 9.84 Å². The van der Waals surface area contributed by atoms with E-state index in [0.717, 1.165) is 24.2 Å². The number of hydrogen-bond acceptors (Lipinski definition) is 3. The summed E-state index contributed by atoms with van der Waals surface area (Å²) in [6.45, 7) is 5.48. The largest absolute Gasteiger partial charge is 0.316 e. The van der Waals surface area contributed by atoms with Crippen LogP contribution in [0, 0.1) is 19.8 Å². The van der Waals surface area contributed by atoms with Crippen LogP contribution in [0.15, 0.2) is 23.1 Å². The van der Waals surface area contributed by atoms with Gasteiger partial charge in [0.25, 0.3) is 0 Å². The maximum atomic E-state index is 12.1. The molecule has 1 N–H and O–H groups in total. The standard InChI is InChI=1S/C12H17NO2S/c1-9-3-4-12(10(2)5-9)16(14,15)8-11-6-13-7-11/h3-5,11,13H,6-8H2,1-2H3. The third-order valence-corrected chi connectivity index (χ3v) is 5.03. The molecule has 0 bridgehead atoms. The average molecular weight is 239 g/mol. The second-order valence-electron chi connectivity index (χ2n) is 4.57. The van der Waals surface area contributed by atoms with Crippen LogP contribution >= 0.6 is 0 Å². The van der Waals surface area contributed by atoms with Crippen molar-refractivity contribution in [2.45, 2.75) is 18.7 Å². The first-order valence-electron chi connectivity index (χ1n) is 5.50. The van der Waals surface area contributed by atoms with E-state index in [9.17, 15) is 8.42 Å². The fraction of sp³-hybridized carbons (Fsp3) is 0.500. The molecule has 88 valence electrons. The van der Waals surface area contributed by atoms with Gasteiger partial charge in [0.15, 0.2) is 9.84 Å². The van der Waals surface area contributed by atoms with E-state index in [4.69, 9.17) is 0 Å². The van der Waals surface area contributed by atoms with Gasteiger partial charge in [-0.3, -0.25) is 0 Å². The first-order valence-corrected chi connectivity index (χ1v) is 7.15. The number of sulfone groups is 1. The van der Waals surface area contributed by atoms with Crippen LogP contribution in [0.1, 0.15) is 11.1 Å². The van der Waals surface area contributed by atoms with Gasteiger partial charge in [0.2, 0.25) is 0 Å². The average Bonchev–Trinajstić information content (AvgIpc) is 2.11. The van der Waals surface area contributed by atoms with Gasteiger partial charge in [-0.1, -0.05) is 17.7 Å². The number of benzene rings is 1. The van der Waals surface area contributed by atoms with E-state index in [0.29, 0.717) is 4.90 Å². The molecule has 1 heterocycles. The Morgan fingerprint density at radius 2 is 2.00 bits per heavy atom. The van der Waals surface area contributed by atoms with Gasteiger partial charge >= 0.3 is 0 Å². The second-order valence-corrected chi connectivity index (χ2v) is 6.58. The number of aryl methyl sites for hydroxylation is 2. The first-order chi connectivity index (χ1) is 7.49. The van der Waals surface area contributed by atoms with Crippen LogP contribution < -0.4 is 5.32 Å². The molecule has 2 rings (SSSR count). The Bertz CT molecular complexity index is 490. The van der Waals surface area contributed by atoms with Gasteiger partial charge < -0.3 is 5.32 Å². The lowest BCUT2D eigenvalue weighted by Crippen LogP contribution is -2.45.